The highest BCUT2D eigenvalue weighted by atomic mass is 16.5. The molecule has 4 N–H and O–H groups in total. The molecule has 6 heteroatoms. The SMILES string of the molecule is CC1(C(=O)NC(CC(=O)O)C2CC2)COCC1N. The van der Waals surface area contributed by atoms with Gasteiger partial charge in [0.15, 0.2) is 0 Å². The largest absolute Gasteiger partial charge is 0.481 e. The summed E-state index contributed by atoms with van der Waals surface area (Å²) in [7, 11) is 0. The highest BCUT2D eigenvalue weighted by Crippen LogP contribution is 2.35. The molecule has 1 heterocycles. The lowest BCUT2D eigenvalue weighted by Crippen LogP contribution is -2.53. The van der Waals surface area contributed by atoms with Crippen LogP contribution in [0.1, 0.15) is 26.2 Å². The highest BCUT2D eigenvalue weighted by Gasteiger charge is 2.46. The first-order valence-electron chi connectivity index (χ1n) is 6.29. The second-order valence-corrected chi connectivity index (χ2v) is 5.55. The van der Waals surface area contributed by atoms with Gasteiger partial charge in [-0.2, -0.15) is 0 Å². The Bertz CT molecular complexity index is 356. The van der Waals surface area contributed by atoms with Crippen LogP contribution < -0.4 is 11.1 Å². The molecule has 1 saturated carbocycles. The fourth-order valence-electron chi connectivity index (χ4n) is 2.28. The Morgan fingerprint density at radius 3 is 2.67 bits per heavy atom. The van der Waals surface area contributed by atoms with Gasteiger partial charge in [0, 0.05) is 12.1 Å². The molecular weight excluding hydrogens is 236 g/mol. The summed E-state index contributed by atoms with van der Waals surface area (Å²) >= 11 is 0. The molecule has 0 aromatic heterocycles. The first kappa shape index (κ1) is 13.3. The van der Waals surface area contributed by atoms with E-state index in [-0.39, 0.29) is 24.4 Å². The van der Waals surface area contributed by atoms with Crippen LogP contribution in [-0.2, 0) is 14.3 Å². The Morgan fingerprint density at radius 1 is 1.56 bits per heavy atom. The van der Waals surface area contributed by atoms with Crippen LogP contribution in [0.25, 0.3) is 0 Å². The van der Waals surface area contributed by atoms with Gasteiger partial charge in [-0.3, -0.25) is 9.59 Å². The van der Waals surface area contributed by atoms with Crippen LogP contribution in [0.2, 0.25) is 0 Å². The average molecular weight is 256 g/mol. The van der Waals surface area contributed by atoms with Crippen molar-refractivity contribution >= 4 is 11.9 Å². The number of rotatable bonds is 5. The maximum Gasteiger partial charge on any atom is 0.305 e. The zero-order valence-electron chi connectivity index (χ0n) is 10.5. The van der Waals surface area contributed by atoms with Crippen molar-refractivity contribution in [3.05, 3.63) is 0 Å². The third-order valence-corrected chi connectivity index (χ3v) is 3.94. The number of carbonyl (C=O) groups excluding carboxylic acids is 1. The number of nitrogens with two attached hydrogens (primary N) is 1. The van der Waals surface area contributed by atoms with E-state index in [2.05, 4.69) is 5.32 Å². The molecule has 2 fully saturated rings. The molecule has 3 unspecified atom stereocenters. The maximum atomic E-state index is 12.2. The quantitative estimate of drug-likeness (QED) is 0.628. The molecule has 0 spiro atoms. The fraction of sp³-hybridized carbons (Fsp3) is 0.833. The van der Waals surface area contributed by atoms with E-state index in [1.807, 2.05) is 0 Å². The summed E-state index contributed by atoms with van der Waals surface area (Å²) in [5.74, 6) is -0.776. The molecule has 1 amide bonds. The number of hydrogen-bond donors (Lipinski definition) is 3. The van der Waals surface area contributed by atoms with E-state index in [1.165, 1.54) is 0 Å². The summed E-state index contributed by atoms with van der Waals surface area (Å²) in [5, 5.41) is 11.7. The Balaban J connectivity index is 1.98. The maximum absolute atomic E-state index is 12.2. The number of carbonyl (C=O) groups is 2. The molecule has 3 atom stereocenters. The minimum atomic E-state index is -0.885. The summed E-state index contributed by atoms with van der Waals surface area (Å²) in [6.07, 6.45) is 1.94. The minimum Gasteiger partial charge on any atom is -0.481 e. The van der Waals surface area contributed by atoms with E-state index in [9.17, 15) is 9.59 Å². The van der Waals surface area contributed by atoms with Gasteiger partial charge in [-0.1, -0.05) is 0 Å². The van der Waals surface area contributed by atoms with E-state index in [0.717, 1.165) is 12.8 Å². The lowest BCUT2D eigenvalue weighted by atomic mass is 9.84. The van der Waals surface area contributed by atoms with Gasteiger partial charge in [0.2, 0.25) is 5.91 Å². The highest BCUT2D eigenvalue weighted by molar-refractivity contribution is 5.84. The lowest BCUT2D eigenvalue weighted by molar-refractivity contribution is -0.138. The third kappa shape index (κ3) is 2.64. The average Bonchev–Trinajstić information content (AvgIpc) is 3.06. The first-order valence-corrected chi connectivity index (χ1v) is 6.29. The van der Waals surface area contributed by atoms with Gasteiger partial charge in [-0.15, -0.1) is 0 Å². The Hall–Kier alpha value is -1.14. The van der Waals surface area contributed by atoms with Crippen LogP contribution >= 0.6 is 0 Å². The summed E-state index contributed by atoms with van der Waals surface area (Å²) in [4.78, 5) is 23.0. The second kappa shape index (κ2) is 4.85. The summed E-state index contributed by atoms with van der Waals surface area (Å²) in [6, 6.07) is -0.609. The summed E-state index contributed by atoms with van der Waals surface area (Å²) in [6.45, 7) is 2.44. The van der Waals surface area contributed by atoms with E-state index in [1.54, 1.807) is 6.92 Å². The molecule has 1 aliphatic carbocycles. The van der Waals surface area contributed by atoms with Crippen LogP contribution in [0.4, 0.5) is 0 Å². The lowest BCUT2D eigenvalue weighted by Gasteiger charge is -2.28. The molecule has 6 nitrogen and oxygen atoms in total. The van der Waals surface area contributed by atoms with Gasteiger partial charge in [-0.25, -0.2) is 0 Å². The Kier molecular flexibility index (Phi) is 3.59. The molecule has 0 bridgehead atoms. The predicted molar refractivity (Wildman–Crippen MR) is 63.8 cm³/mol. The predicted octanol–water partition coefficient (Wildman–Crippen LogP) is -0.280. The molecule has 2 aliphatic rings. The number of ether oxygens (including phenoxy) is 1. The molecule has 1 aliphatic heterocycles. The van der Waals surface area contributed by atoms with Crippen LogP contribution in [0, 0.1) is 11.3 Å². The number of carboxylic acids is 1. The zero-order valence-corrected chi connectivity index (χ0v) is 10.5. The van der Waals surface area contributed by atoms with Gasteiger partial charge >= 0.3 is 5.97 Å². The van der Waals surface area contributed by atoms with Gasteiger partial charge in [0.1, 0.15) is 0 Å². The van der Waals surface area contributed by atoms with Crippen LogP contribution in [-0.4, -0.2) is 42.3 Å². The number of carboxylic acid groups (broad SMARTS) is 1. The van der Waals surface area contributed by atoms with E-state index in [0.29, 0.717) is 19.1 Å². The van der Waals surface area contributed by atoms with Crippen molar-refractivity contribution in [3.63, 3.8) is 0 Å². The monoisotopic (exact) mass is 256 g/mol. The number of nitrogens with one attached hydrogen (secondary N) is 1. The molecule has 18 heavy (non-hydrogen) atoms. The van der Waals surface area contributed by atoms with Crippen molar-refractivity contribution in [3.8, 4) is 0 Å². The van der Waals surface area contributed by atoms with E-state index < -0.39 is 11.4 Å². The van der Waals surface area contributed by atoms with Gasteiger partial charge in [0.05, 0.1) is 25.0 Å². The molecular formula is C12H20N2O4. The van der Waals surface area contributed by atoms with Gasteiger partial charge in [0.25, 0.3) is 0 Å². The number of hydrogen-bond acceptors (Lipinski definition) is 4. The summed E-state index contributed by atoms with van der Waals surface area (Å²) in [5.41, 5.74) is 5.14. The van der Waals surface area contributed by atoms with Crippen molar-refractivity contribution < 1.29 is 19.4 Å². The Morgan fingerprint density at radius 2 is 2.22 bits per heavy atom. The van der Waals surface area contributed by atoms with E-state index >= 15 is 0 Å². The topological polar surface area (TPSA) is 102 Å². The number of aliphatic carboxylic acids is 1. The van der Waals surface area contributed by atoms with Crippen molar-refractivity contribution in [2.45, 2.75) is 38.3 Å². The van der Waals surface area contributed by atoms with Crippen molar-refractivity contribution in [2.75, 3.05) is 13.2 Å². The van der Waals surface area contributed by atoms with Crippen LogP contribution in [0.15, 0.2) is 0 Å². The van der Waals surface area contributed by atoms with Crippen molar-refractivity contribution in [1.29, 1.82) is 0 Å². The number of amides is 1. The minimum absolute atomic E-state index is 0.0252. The molecule has 0 radical (unpaired) electrons. The van der Waals surface area contributed by atoms with Crippen LogP contribution in [0.3, 0.4) is 0 Å². The van der Waals surface area contributed by atoms with Crippen molar-refractivity contribution in [2.24, 2.45) is 17.1 Å². The fourth-order valence-corrected chi connectivity index (χ4v) is 2.28. The summed E-state index contributed by atoms with van der Waals surface area (Å²) < 4.78 is 5.23. The Labute approximate surface area is 106 Å². The molecule has 0 aromatic carbocycles. The standard InChI is InChI=1S/C12H20N2O4/c1-12(6-18-5-9(12)13)11(17)14-8(4-10(15)16)7-2-3-7/h7-9H,2-6,13H2,1H3,(H,14,17)(H,15,16). The second-order valence-electron chi connectivity index (χ2n) is 5.55. The van der Waals surface area contributed by atoms with Gasteiger partial charge < -0.3 is 20.9 Å². The van der Waals surface area contributed by atoms with Crippen molar-refractivity contribution in [1.82, 2.24) is 5.32 Å². The first-order chi connectivity index (χ1) is 8.43. The van der Waals surface area contributed by atoms with E-state index in [4.69, 9.17) is 15.6 Å². The zero-order chi connectivity index (χ0) is 13.3. The molecule has 0 aromatic rings. The van der Waals surface area contributed by atoms with Crippen LogP contribution in [0.5, 0.6) is 0 Å². The molecule has 2 rings (SSSR count). The normalized spacial score (nSPS) is 33.1. The van der Waals surface area contributed by atoms with Gasteiger partial charge in [-0.05, 0) is 25.7 Å². The molecule has 1 saturated heterocycles. The smallest absolute Gasteiger partial charge is 0.305 e. The third-order valence-electron chi connectivity index (χ3n) is 3.94. The molecule has 102 valence electrons.